The van der Waals surface area contributed by atoms with Crippen molar-refractivity contribution in [3.8, 4) is 0 Å². The van der Waals surface area contributed by atoms with Gasteiger partial charge in [-0.05, 0) is 64.0 Å². The Balaban J connectivity index is 1.89. The molecule has 0 bridgehead atoms. The van der Waals surface area contributed by atoms with Crippen LogP contribution in [-0.4, -0.2) is 35.1 Å². The summed E-state index contributed by atoms with van der Waals surface area (Å²) in [5.41, 5.74) is 0.0145. The Morgan fingerprint density at radius 2 is 1.68 bits per heavy atom. The fourth-order valence-electron chi connectivity index (χ4n) is 3.60. The number of nitrogens with zero attached hydrogens (tertiary/aromatic N) is 1. The molecular weight excluding hydrogens is 238 g/mol. The standard InChI is InChI=1S/C16H29NO2/c1-15(2)7-4-5-13(6-8-15)17-11-9-16(3,10-12-17)14(18)19/h13H,4-12H2,1-3H3,(H,18,19). The second kappa shape index (κ2) is 5.43. The fraction of sp³-hybridized carbons (Fsp3) is 0.938. The summed E-state index contributed by atoms with van der Waals surface area (Å²) in [4.78, 5) is 13.8. The van der Waals surface area contributed by atoms with Crippen molar-refractivity contribution < 1.29 is 9.90 Å². The summed E-state index contributed by atoms with van der Waals surface area (Å²) < 4.78 is 0. The van der Waals surface area contributed by atoms with E-state index in [1.807, 2.05) is 6.92 Å². The number of carbonyl (C=O) groups is 1. The molecule has 3 heteroatoms. The van der Waals surface area contributed by atoms with Gasteiger partial charge in [-0.2, -0.15) is 0 Å². The van der Waals surface area contributed by atoms with E-state index in [0.717, 1.165) is 25.9 Å². The maximum atomic E-state index is 11.3. The first kappa shape index (κ1) is 14.8. The van der Waals surface area contributed by atoms with Gasteiger partial charge in [-0.1, -0.05) is 20.3 Å². The highest BCUT2D eigenvalue weighted by Crippen LogP contribution is 2.38. The molecule has 2 fully saturated rings. The molecule has 1 saturated carbocycles. The summed E-state index contributed by atoms with van der Waals surface area (Å²) in [5, 5.41) is 9.29. The molecule has 0 aromatic carbocycles. The van der Waals surface area contributed by atoms with E-state index in [-0.39, 0.29) is 0 Å². The zero-order valence-corrected chi connectivity index (χ0v) is 12.7. The molecule has 3 nitrogen and oxygen atoms in total. The number of hydrogen-bond acceptors (Lipinski definition) is 2. The van der Waals surface area contributed by atoms with Gasteiger partial charge in [0, 0.05) is 6.04 Å². The Morgan fingerprint density at radius 1 is 1.05 bits per heavy atom. The normalized spacial score (nSPS) is 31.6. The van der Waals surface area contributed by atoms with E-state index in [2.05, 4.69) is 18.7 Å². The Bertz CT molecular complexity index is 330. The number of likely N-dealkylation sites (tertiary alicyclic amines) is 1. The predicted octanol–water partition coefficient (Wildman–Crippen LogP) is 3.53. The zero-order valence-electron chi connectivity index (χ0n) is 12.7. The summed E-state index contributed by atoms with van der Waals surface area (Å²) in [7, 11) is 0. The summed E-state index contributed by atoms with van der Waals surface area (Å²) in [5.74, 6) is -0.617. The van der Waals surface area contributed by atoms with Crippen LogP contribution in [0.1, 0.15) is 65.7 Å². The molecule has 0 spiro atoms. The van der Waals surface area contributed by atoms with Crippen LogP contribution in [0.2, 0.25) is 0 Å². The maximum Gasteiger partial charge on any atom is 0.309 e. The lowest BCUT2D eigenvalue weighted by molar-refractivity contribution is -0.151. The van der Waals surface area contributed by atoms with Gasteiger partial charge < -0.3 is 10.0 Å². The molecule has 1 unspecified atom stereocenters. The van der Waals surface area contributed by atoms with E-state index in [9.17, 15) is 9.90 Å². The van der Waals surface area contributed by atoms with Crippen molar-refractivity contribution in [1.82, 2.24) is 4.90 Å². The maximum absolute atomic E-state index is 11.3. The number of hydrogen-bond donors (Lipinski definition) is 1. The lowest BCUT2D eigenvalue weighted by atomic mass is 9.80. The van der Waals surface area contributed by atoms with Crippen LogP contribution >= 0.6 is 0 Å². The molecule has 0 amide bonds. The van der Waals surface area contributed by atoms with Crippen LogP contribution in [0.3, 0.4) is 0 Å². The van der Waals surface area contributed by atoms with E-state index >= 15 is 0 Å². The summed E-state index contributed by atoms with van der Waals surface area (Å²) in [6, 6.07) is 0.695. The molecule has 1 N–H and O–H groups in total. The second-order valence-corrected chi connectivity index (χ2v) is 7.65. The average molecular weight is 267 g/mol. The molecule has 2 rings (SSSR count). The number of rotatable bonds is 2. The first-order valence-electron chi connectivity index (χ1n) is 7.80. The van der Waals surface area contributed by atoms with Gasteiger partial charge in [0.25, 0.3) is 0 Å². The zero-order chi connectivity index (χ0) is 14.1. The highest BCUT2D eigenvalue weighted by Gasteiger charge is 2.39. The minimum atomic E-state index is -0.617. The monoisotopic (exact) mass is 267 g/mol. The smallest absolute Gasteiger partial charge is 0.309 e. The largest absolute Gasteiger partial charge is 0.481 e. The number of aliphatic carboxylic acids is 1. The minimum absolute atomic E-state index is 0.486. The van der Waals surface area contributed by atoms with Crippen molar-refractivity contribution in [2.75, 3.05) is 13.1 Å². The van der Waals surface area contributed by atoms with E-state index < -0.39 is 11.4 Å². The van der Waals surface area contributed by atoms with Crippen molar-refractivity contribution in [3.63, 3.8) is 0 Å². The lowest BCUT2D eigenvalue weighted by Crippen LogP contribution is -2.46. The molecular formula is C16H29NO2. The SMILES string of the molecule is CC1(C)CCCC(N2CCC(C)(C(=O)O)CC2)CC1. The fourth-order valence-corrected chi connectivity index (χ4v) is 3.60. The molecule has 1 aliphatic carbocycles. The quantitative estimate of drug-likeness (QED) is 0.778. The Labute approximate surface area is 117 Å². The lowest BCUT2D eigenvalue weighted by Gasteiger charge is -2.40. The average Bonchev–Trinajstić information content (AvgIpc) is 2.51. The van der Waals surface area contributed by atoms with Gasteiger partial charge in [0.1, 0.15) is 0 Å². The Kier molecular flexibility index (Phi) is 4.24. The van der Waals surface area contributed by atoms with Crippen LogP contribution in [0.25, 0.3) is 0 Å². The third-order valence-corrected chi connectivity index (χ3v) is 5.48. The summed E-state index contributed by atoms with van der Waals surface area (Å²) >= 11 is 0. The van der Waals surface area contributed by atoms with Crippen LogP contribution < -0.4 is 0 Å². The molecule has 2 aliphatic rings. The summed E-state index contributed by atoms with van der Waals surface area (Å²) in [6.45, 7) is 8.60. The number of carboxylic acid groups (broad SMARTS) is 1. The van der Waals surface area contributed by atoms with Crippen LogP contribution in [0.4, 0.5) is 0 Å². The van der Waals surface area contributed by atoms with Crippen molar-refractivity contribution in [1.29, 1.82) is 0 Å². The van der Waals surface area contributed by atoms with Gasteiger partial charge in [0.05, 0.1) is 5.41 Å². The van der Waals surface area contributed by atoms with Crippen molar-refractivity contribution in [3.05, 3.63) is 0 Å². The van der Waals surface area contributed by atoms with E-state index in [4.69, 9.17) is 0 Å². The highest BCUT2D eigenvalue weighted by molar-refractivity contribution is 5.74. The molecule has 1 heterocycles. The molecule has 1 saturated heterocycles. The topological polar surface area (TPSA) is 40.5 Å². The Morgan fingerprint density at radius 3 is 2.26 bits per heavy atom. The van der Waals surface area contributed by atoms with E-state index in [1.165, 1.54) is 32.1 Å². The van der Waals surface area contributed by atoms with Crippen molar-refractivity contribution in [2.24, 2.45) is 10.8 Å². The van der Waals surface area contributed by atoms with Crippen LogP contribution in [0, 0.1) is 10.8 Å². The van der Waals surface area contributed by atoms with Gasteiger partial charge in [0.2, 0.25) is 0 Å². The van der Waals surface area contributed by atoms with E-state index in [1.54, 1.807) is 0 Å². The highest BCUT2D eigenvalue weighted by atomic mass is 16.4. The molecule has 110 valence electrons. The molecule has 0 radical (unpaired) electrons. The third kappa shape index (κ3) is 3.50. The van der Waals surface area contributed by atoms with Crippen LogP contribution in [0.15, 0.2) is 0 Å². The van der Waals surface area contributed by atoms with E-state index in [0.29, 0.717) is 11.5 Å². The van der Waals surface area contributed by atoms with Crippen molar-refractivity contribution >= 4 is 5.97 Å². The molecule has 1 atom stereocenters. The van der Waals surface area contributed by atoms with Crippen LogP contribution in [0.5, 0.6) is 0 Å². The van der Waals surface area contributed by atoms with Crippen LogP contribution in [-0.2, 0) is 4.79 Å². The molecule has 19 heavy (non-hydrogen) atoms. The van der Waals surface area contributed by atoms with Gasteiger partial charge in [-0.15, -0.1) is 0 Å². The third-order valence-electron chi connectivity index (χ3n) is 5.48. The molecule has 1 aliphatic heterocycles. The van der Waals surface area contributed by atoms with Gasteiger partial charge >= 0.3 is 5.97 Å². The van der Waals surface area contributed by atoms with Gasteiger partial charge in [0.15, 0.2) is 0 Å². The second-order valence-electron chi connectivity index (χ2n) is 7.65. The summed E-state index contributed by atoms with van der Waals surface area (Å²) in [6.07, 6.45) is 8.17. The number of carboxylic acids is 1. The molecule has 0 aromatic rings. The van der Waals surface area contributed by atoms with Gasteiger partial charge in [-0.25, -0.2) is 0 Å². The predicted molar refractivity (Wildman–Crippen MR) is 77.2 cm³/mol. The first-order chi connectivity index (χ1) is 8.82. The first-order valence-corrected chi connectivity index (χ1v) is 7.80. The minimum Gasteiger partial charge on any atom is -0.481 e. The number of piperidine rings is 1. The Hall–Kier alpha value is -0.570. The molecule has 0 aromatic heterocycles. The van der Waals surface area contributed by atoms with Crippen molar-refractivity contribution in [2.45, 2.75) is 71.8 Å². The van der Waals surface area contributed by atoms with Gasteiger partial charge in [-0.3, -0.25) is 4.79 Å².